The highest BCUT2D eigenvalue weighted by atomic mass is 16.3. The summed E-state index contributed by atoms with van der Waals surface area (Å²) in [5, 5.41) is 18.9. The third-order valence-corrected chi connectivity index (χ3v) is 2.59. The van der Waals surface area contributed by atoms with Crippen LogP contribution in [-0.2, 0) is 0 Å². The first kappa shape index (κ1) is 13.6. The van der Waals surface area contributed by atoms with E-state index in [1.807, 2.05) is 25.7 Å². The first-order chi connectivity index (χ1) is 6.44. The first-order valence-electron chi connectivity index (χ1n) is 5.10. The molecule has 0 aliphatic rings. The summed E-state index contributed by atoms with van der Waals surface area (Å²) in [6.07, 6.45) is 1.78. The van der Waals surface area contributed by atoms with Crippen molar-refractivity contribution < 1.29 is 10.2 Å². The molecule has 0 saturated carbocycles. The number of aliphatic hydroxyl groups is 2. The van der Waals surface area contributed by atoms with E-state index < -0.39 is 5.60 Å². The molecule has 84 valence electrons. The molecule has 1 atom stereocenters. The Bertz CT molecular complexity index is 167. The Morgan fingerprint density at radius 3 is 2.43 bits per heavy atom. The molecule has 0 spiro atoms. The third kappa shape index (κ3) is 4.74. The van der Waals surface area contributed by atoms with Crippen LogP contribution in [-0.4, -0.2) is 47.0 Å². The Labute approximate surface area is 87.0 Å². The summed E-state index contributed by atoms with van der Waals surface area (Å²) in [6, 6.07) is 0. The van der Waals surface area contributed by atoms with E-state index in [4.69, 9.17) is 5.11 Å². The summed E-state index contributed by atoms with van der Waals surface area (Å²) in [5.41, 5.74) is -0.710. The van der Waals surface area contributed by atoms with E-state index in [0.29, 0.717) is 19.6 Å². The number of hydrogen-bond donors (Lipinski definition) is 2. The lowest BCUT2D eigenvalue weighted by atomic mass is 9.92. The zero-order chi connectivity index (χ0) is 11.2. The fourth-order valence-electron chi connectivity index (χ4n) is 1.19. The minimum absolute atomic E-state index is 0.113. The van der Waals surface area contributed by atoms with Crippen molar-refractivity contribution >= 4 is 0 Å². The van der Waals surface area contributed by atoms with Crippen molar-refractivity contribution in [3.63, 3.8) is 0 Å². The molecule has 0 radical (unpaired) electrons. The van der Waals surface area contributed by atoms with Crippen molar-refractivity contribution in [1.29, 1.82) is 0 Å². The average Bonchev–Trinajstić information content (AvgIpc) is 2.04. The summed E-state index contributed by atoms with van der Waals surface area (Å²) in [5.74, 6) is 0.202. The molecular formula is C11H23NO2. The molecule has 14 heavy (non-hydrogen) atoms. The summed E-state index contributed by atoms with van der Waals surface area (Å²) in [6.45, 7) is 11.4. The van der Waals surface area contributed by atoms with Crippen LogP contribution in [0, 0.1) is 5.92 Å². The van der Waals surface area contributed by atoms with Gasteiger partial charge in [0.25, 0.3) is 0 Å². The van der Waals surface area contributed by atoms with Gasteiger partial charge in [-0.1, -0.05) is 19.9 Å². The molecule has 0 aromatic carbocycles. The van der Waals surface area contributed by atoms with Gasteiger partial charge in [0, 0.05) is 19.6 Å². The highest BCUT2D eigenvalue weighted by Crippen LogP contribution is 2.17. The van der Waals surface area contributed by atoms with Gasteiger partial charge < -0.3 is 10.2 Å². The molecule has 2 N–H and O–H groups in total. The summed E-state index contributed by atoms with van der Waals surface area (Å²) in [4.78, 5) is 1.99. The van der Waals surface area contributed by atoms with Crippen molar-refractivity contribution in [3.8, 4) is 0 Å². The average molecular weight is 201 g/mol. The maximum atomic E-state index is 10.1. The van der Waals surface area contributed by atoms with Crippen LogP contribution >= 0.6 is 0 Å². The van der Waals surface area contributed by atoms with Crippen LogP contribution in [0.2, 0.25) is 0 Å². The molecule has 0 bridgehead atoms. The molecule has 0 heterocycles. The molecule has 1 unspecified atom stereocenters. The number of nitrogens with zero attached hydrogens (tertiary/aromatic N) is 1. The van der Waals surface area contributed by atoms with Crippen molar-refractivity contribution in [2.75, 3.05) is 26.2 Å². The second-order valence-electron chi connectivity index (χ2n) is 4.26. The second-order valence-corrected chi connectivity index (χ2v) is 4.26. The van der Waals surface area contributed by atoms with E-state index in [1.54, 1.807) is 6.08 Å². The predicted molar refractivity (Wildman–Crippen MR) is 59.2 cm³/mol. The lowest BCUT2D eigenvalue weighted by molar-refractivity contribution is -0.0188. The molecule has 0 aromatic rings. The minimum Gasteiger partial charge on any atom is -0.395 e. The van der Waals surface area contributed by atoms with Gasteiger partial charge in [0.2, 0.25) is 0 Å². The fraction of sp³-hybridized carbons (Fsp3) is 0.818. The van der Waals surface area contributed by atoms with Gasteiger partial charge >= 0.3 is 0 Å². The van der Waals surface area contributed by atoms with Gasteiger partial charge in [-0.25, -0.2) is 0 Å². The SMILES string of the molecule is C=CCN(CCO)CC(C)(O)C(C)C. The molecule has 0 amide bonds. The topological polar surface area (TPSA) is 43.7 Å². The minimum atomic E-state index is -0.710. The molecule has 3 nitrogen and oxygen atoms in total. The van der Waals surface area contributed by atoms with E-state index >= 15 is 0 Å². The quantitative estimate of drug-likeness (QED) is 0.601. The van der Waals surface area contributed by atoms with Gasteiger partial charge in [0.15, 0.2) is 0 Å². The monoisotopic (exact) mass is 201 g/mol. The Morgan fingerprint density at radius 1 is 1.50 bits per heavy atom. The Kier molecular flexibility index (Phi) is 6.00. The highest BCUT2D eigenvalue weighted by molar-refractivity contribution is 4.83. The van der Waals surface area contributed by atoms with E-state index in [1.165, 1.54) is 0 Å². The predicted octanol–water partition coefficient (Wildman–Crippen LogP) is 0.874. The zero-order valence-corrected chi connectivity index (χ0v) is 9.53. The Morgan fingerprint density at radius 2 is 2.07 bits per heavy atom. The van der Waals surface area contributed by atoms with Crippen LogP contribution in [0.1, 0.15) is 20.8 Å². The van der Waals surface area contributed by atoms with Gasteiger partial charge in [0.1, 0.15) is 0 Å². The fourth-order valence-corrected chi connectivity index (χ4v) is 1.19. The Hall–Kier alpha value is -0.380. The van der Waals surface area contributed by atoms with E-state index in [2.05, 4.69) is 6.58 Å². The van der Waals surface area contributed by atoms with Crippen LogP contribution in [0.15, 0.2) is 12.7 Å². The lowest BCUT2D eigenvalue weighted by Gasteiger charge is -2.33. The molecule has 0 aliphatic heterocycles. The second kappa shape index (κ2) is 6.17. The highest BCUT2D eigenvalue weighted by Gasteiger charge is 2.26. The molecule has 0 aromatic heterocycles. The smallest absolute Gasteiger partial charge is 0.0768 e. The normalized spacial score (nSPS) is 15.9. The number of aliphatic hydroxyl groups excluding tert-OH is 1. The van der Waals surface area contributed by atoms with Crippen molar-refractivity contribution in [2.24, 2.45) is 5.92 Å². The van der Waals surface area contributed by atoms with E-state index in [-0.39, 0.29) is 12.5 Å². The van der Waals surface area contributed by atoms with Crippen molar-refractivity contribution in [2.45, 2.75) is 26.4 Å². The van der Waals surface area contributed by atoms with Gasteiger partial charge in [-0.15, -0.1) is 6.58 Å². The zero-order valence-electron chi connectivity index (χ0n) is 9.53. The van der Waals surface area contributed by atoms with Gasteiger partial charge in [-0.2, -0.15) is 0 Å². The van der Waals surface area contributed by atoms with E-state index in [9.17, 15) is 5.11 Å². The maximum Gasteiger partial charge on any atom is 0.0768 e. The van der Waals surface area contributed by atoms with Gasteiger partial charge in [0.05, 0.1) is 12.2 Å². The standard InChI is InChI=1S/C11H23NO2/c1-5-6-12(7-8-13)9-11(4,14)10(2)3/h5,10,13-14H,1,6-9H2,2-4H3. The molecule has 0 rings (SSSR count). The first-order valence-corrected chi connectivity index (χ1v) is 5.10. The maximum absolute atomic E-state index is 10.1. The van der Waals surface area contributed by atoms with Crippen LogP contribution < -0.4 is 0 Å². The lowest BCUT2D eigenvalue weighted by Crippen LogP contribution is -2.45. The van der Waals surface area contributed by atoms with Crippen LogP contribution in [0.5, 0.6) is 0 Å². The number of hydrogen-bond acceptors (Lipinski definition) is 3. The summed E-state index contributed by atoms with van der Waals surface area (Å²) < 4.78 is 0. The van der Waals surface area contributed by atoms with Gasteiger partial charge in [-0.3, -0.25) is 4.90 Å². The Balaban J connectivity index is 4.19. The van der Waals surface area contributed by atoms with Gasteiger partial charge in [-0.05, 0) is 12.8 Å². The largest absolute Gasteiger partial charge is 0.395 e. The van der Waals surface area contributed by atoms with Crippen LogP contribution in [0.3, 0.4) is 0 Å². The van der Waals surface area contributed by atoms with Crippen molar-refractivity contribution in [1.82, 2.24) is 4.90 Å². The summed E-state index contributed by atoms with van der Waals surface area (Å²) in [7, 11) is 0. The van der Waals surface area contributed by atoms with Crippen molar-refractivity contribution in [3.05, 3.63) is 12.7 Å². The number of rotatable bonds is 7. The molecule has 3 heteroatoms. The van der Waals surface area contributed by atoms with Crippen LogP contribution in [0.4, 0.5) is 0 Å². The van der Waals surface area contributed by atoms with Crippen LogP contribution in [0.25, 0.3) is 0 Å². The third-order valence-electron chi connectivity index (χ3n) is 2.59. The molecule has 0 aliphatic carbocycles. The molecular weight excluding hydrogens is 178 g/mol. The molecule has 0 saturated heterocycles. The van der Waals surface area contributed by atoms with E-state index in [0.717, 1.165) is 0 Å². The molecule has 0 fully saturated rings. The summed E-state index contributed by atoms with van der Waals surface area (Å²) >= 11 is 0.